The number of carbonyl (C=O) groups excluding carboxylic acids is 1. The van der Waals surface area contributed by atoms with Crippen LogP contribution in [0.3, 0.4) is 0 Å². The molecule has 1 aliphatic heterocycles. The summed E-state index contributed by atoms with van der Waals surface area (Å²) in [5.74, 6) is 0.258. The summed E-state index contributed by atoms with van der Waals surface area (Å²) >= 11 is 0. The lowest BCUT2D eigenvalue weighted by atomic mass is 10.2. The number of rotatable bonds is 9. The van der Waals surface area contributed by atoms with E-state index in [0.29, 0.717) is 6.54 Å². The highest BCUT2D eigenvalue weighted by atomic mass is 16.5. The van der Waals surface area contributed by atoms with Gasteiger partial charge in [-0.2, -0.15) is 0 Å². The minimum Gasteiger partial charge on any atom is -0.381 e. The summed E-state index contributed by atoms with van der Waals surface area (Å²) in [5, 5.41) is 3.22. The van der Waals surface area contributed by atoms with Crippen LogP contribution in [0.5, 0.6) is 0 Å². The van der Waals surface area contributed by atoms with Gasteiger partial charge in [0.15, 0.2) is 0 Å². The normalized spacial score (nSPS) is 16.4. The van der Waals surface area contributed by atoms with E-state index in [0.717, 1.165) is 58.5 Å². The number of carbonyl (C=O) groups is 1. The molecule has 1 fully saturated rings. The number of likely N-dealkylation sites (tertiary alicyclic amines) is 1. The smallest absolute Gasteiger partial charge is 0.236 e. The van der Waals surface area contributed by atoms with Crippen molar-refractivity contribution in [2.75, 3.05) is 39.4 Å². The van der Waals surface area contributed by atoms with E-state index in [4.69, 9.17) is 4.74 Å². The summed E-state index contributed by atoms with van der Waals surface area (Å²) in [6.45, 7) is 7.06. The van der Waals surface area contributed by atoms with Gasteiger partial charge in [-0.3, -0.25) is 4.79 Å². The first-order chi connectivity index (χ1) is 9.34. The molecular weight excluding hydrogens is 240 g/mol. The van der Waals surface area contributed by atoms with Crippen LogP contribution < -0.4 is 5.32 Å². The molecule has 1 saturated heterocycles. The van der Waals surface area contributed by atoms with Gasteiger partial charge in [0.2, 0.25) is 5.91 Å². The molecule has 0 spiro atoms. The molecule has 0 atom stereocenters. The summed E-state index contributed by atoms with van der Waals surface area (Å²) in [7, 11) is 0. The molecule has 1 N–H and O–H groups in total. The lowest BCUT2D eigenvalue weighted by molar-refractivity contribution is -0.130. The SMILES string of the molecule is CCCCOCCCNCC(=O)N1CCCCCC1. The van der Waals surface area contributed by atoms with Crippen LogP contribution >= 0.6 is 0 Å². The van der Waals surface area contributed by atoms with Crippen LogP contribution in [-0.4, -0.2) is 50.2 Å². The second kappa shape index (κ2) is 11.2. The molecule has 0 unspecified atom stereocenters. The maximum atomic E-state index is 12.0. The summed E-state index contributed by atoms with van der Waals surface area (Å²) in [5.41, 5.74) is 0. The van der Waals surface area contributed by atoms with Gasteiger partial charge in [0, 0.05) is 26.3 Å². The first kappa shape index (κ1) is 16.4. The molecule has 4 nitrogen and oxygen atoms in total. The molecule has 4 heteroatoms. The van der Waals surface area contributed by atoms with Gasteiger partial charge in [-0.15, -0.1) is 0 Å². The summed E-state index contributed by atoms with van der Waals surface area (Å²) in [4.78, 5) is 14.0. The fraction of sp³-hybridized carbons (Fsp3) is 0.933. The molecule has 0 aromatic heterocycles. The predicted octanol–water partition coefficient (Wildman–Crippen LogP) is 2.19. The van der Waals surface area contributed by atoms with Crippen LogP contribution in [0, 0.1) is 0 Å². The zero-order valence-electron chi connectivity index (χ0n) is 12.5. The standard InChI is InChI=1S/C15H30N2O2/c1-2-3-12-19-13-8-9-16-14-15(18)17-10-6-4-5-7-11-17/h16H,2-14H2,1H3. The second-order valence-electron chi connectivity index (χ2n) is 5.29. The van der Waals surface area contributed by atoms with Crippen molar-refractivity contribution in [3.63, 3.8) is 0 Å². The summed E-state index contributed by atoms with van der Waals surface area (Å²) < 4.78 is 5.48. The van der Waals surface area contributed by atoms with Gasteiger partial charge in [0.25, 0.3) is 0 Å². The molecule has 0 saturated carbocycles. The highest BCUT2D eigenvalue weighted by Crippen LogP contribution is 2.09. The van der Waals surface area contributed by atoms with E-state index < -0.39 is 0 Å². The van der Waals surface area contributed by atoms with E-state index in [-0.39, 0.29) is 5.91 Å². The molecule has 0 bridgehead atoms. The Morgan fingerprint density at radius 1 is 1.11 bits per heavy atom. The molecule has 0 aromatic rings. The monoisotopic (exact) mass is 270 g/mol. The Bertz CT molecular complexity index is 226. The van der Waals surface area contributed by atoms with Gasteiger partial charge in [0.1, 0.15) is 0 Å². The molecule has 0 aromatic carbocycles. The van der Waals surface area contributed by atoms with Gasteiger partial charge in [-0.05, 0) is 32.2 Å². The largest absolute Gasteiger partial charge is 0.381 e. The Morgan fingerprint density at radius 3 is 2.47 bits per heavy atom. The first-order valence-corrected chi connectivity index (χ1v) is 7.91. The molecule has 0 aliphatic carbocycles. The van der Waals surface area contributed by atoms with Crippen LogP contribution in [0.15, 0.2) is 0 Å². The molecule has 1 rings (SSSR count). The van der Waals surface area contributed by atoms with Crippen molar-refractivity contribution in [1.29, 1.82) is 0 Å². The quantitative estimate of drug-likeness (QED) is 0.653. The second-order valence-corrected chi connectivity index (χ2v) is 5.29. The minimum atomic E-state index is 0.258. The number of nitrogens with one attached hydrogen (secondary N) is 1. The number of amides is 1. The van der Waals surface area contributed by atoms with Gasteiger partial charge in [-0.1, -0.05) is 26.2 Å². The molecule has 1 amide bonds. The van der Waals surface area contributed by atoms with Crippen molar-refractivity contribution < 1.29 is 9.53 Å². The highest BCUT2D eigenvalue weighted by Gasteiger charge is 2.14. The van der Waals surface area contributed by atoms with Crippen LogP contribution in [0.1, 0.15) is 51.9 Å². The number of nitrogens with zero attached hydrogens (tertiary/aromatic N) is 1. The lowest BCUT2D eigenvalue weighted by Crippen LogP contribution is -2.39. The van der Waals surface area contributed by atoms with Crippen LogP contribution in [0.4, 0.5) is 0 Å². The third kappa shape index (κ3) is 8.22. The fourth-order valence-corrected chi connectivity index (χ4v) is 2.27. The third-order valence-corrected chi connectivity index (χ3v) is 3.52. The maximum Gasteiger partial charge on any atom is 0.236 e. The van der Waals surface area contributed by atoms with Gasteiger partial charge in [0.05, 0.1) is 6.54 Å². The fourth-order valence-electron chi connectivity index (χ4n) is 2.27. The van der Waals surface area contributed by atoms with Crippen molar-refractivity contribution in [3.05, 3.63) is 0 Å². The van der Waals surface area contributed by atoms with E-state index in [1.807, 2.05) is 4.90 Å². The third-order valence-electron chi connectivity index (χ3n) is 3.52. The number of ether oxygens (including phenoxy) is 1. The van der Waals surface area contributed by atoms with Crippen LogP contribution in [0.2, 0.25) is 0 Å². The zero-order valence-corrected chi connectivity index (χ0v) is 12.5. The Balaban J connectivity index is 1.94. The van der Waals surface area contributed by atoms with E-state index in [9.17, 15) is 4.79 Å². The Labute approximate surface area is 117 Å². The van der Waals surface area contributed by atoms with Crippen LogP contribution in [0.25, 0.3) is 0 Å². The van der Waals surface area contributed by atoms with Crippen molar-refractivity contribution in [3.8, 4) is 0 Å². The van der Waals surface area contributed by atoms with Crippen molar-refractivity contribution in [2.24, 2.45) is 0 Å². The molecule has 1 aliphatic rings. The maximum absolute atomic E-state index is 12.0. The van der Waals surface area contributed by atoms with E-state index in [1.165, 1.54) is 19.3 Å². The predicted molar refractivity (Wildman–Crippen MR) is 78.3 cm³/mol. The molecule has 19 heavy (non-hydrogen) atoms. The van der Waals surface area contributed by atoms with Crippen molar-refractivity contribution >= 4 is 5.91 Å². The molecule has 0 radical (unpaired) electrons. The summed E-state index contributed by atoms with van der Waals surface area (Å²) in [6.07, 6.45) is 8.17. The number of hydrogen-bond donors (Lipinski definition) is 1. The zero-order chi connectivity index (χ0) is 13.8. The molecule has 112 valence electrons. The average Bonchev–Trinajstić information content (AvgIpc) is 2.70. The first-order valence-electron chi connectivity index (χ1n) is 7.91. The van der Waals surface area contributed by atoms with Gasteiger partial charge >= 0.3 is 0 Å². The highest BCUT2D eigenvalue weighted by molar-refractivity contribution is 5.78. The number of hydrogen-bond acceptors (Lipinski definition) is 3. The Hall–Kier alpha value is -0.610. The lowest BCUT2D eigenvalue weighted by Gasteiger charge is -2.20. The molecule has 1 heterocycles. The van der Waals surface area contributed by atoms with Gasteiger partial charge in [-0.25, -0.2) is 0 Å². The van der Waals surface area contributed by atoms with E-state index >= 15 is 0 Å². The average molecular weight is 270 g/mol. The summed E-state index contributed by atoms with van der Waals surface area (Å²) in [6, 6.07) is 0. The number of unbranched alkanes of at least 4 members (excludes halogenated alkanes) is 1. The topological polar surface area (TPSA) is 41.6 Å². The molecular formula is C15H30N2O2. The Morgan fingerprint density at radius 2 is 1.79 bits per heavy atom. The van der Waals surface area contributed by atoms with Crippen molar-refractivity contribution in [1.82, 2.24) is 10.2 Å². The van der Waals surface area contributed by atoms with E-state index in [1.54, 1.807) is 0 Å². The minimum absolute atomic E-state index is 0.258. The van der Waals surface area contributed by atoms with Gasteiger partial charge < -0.3 is 15.0 Å². The van der Waals surface area contributed by atoms with Crippen LogP contribution in [-0.2, 0) is 9.53 Å². The van der Waals surface area contributed by atoms with E-state index in [2.05, 4.69) is 12.2 Å². The van der Waals surface area contributed by atoms with Crippen molar-refractivity contribution in [2.45, 2.75) is 51.9 Å². The Kier molecular flexibility index (Phi) is 9.72.